The van der Waals surface area contributed by atoms with Gasteiger partial charge in [0.2, 0.25) is 0 Å². The fourth-order valence-electron chi connectivity index (χ4n) is 1.68. The van der Waals surface area contributed by atoms with E-state index in [1.807, 2.05) is 6.26 Å². The molecule has 1 fully saturated rings. The molecule has 18 heavy (non-hydrogen) atoms. The molecule has 0 bridgehead atoms. The van der Waals surface area contributed by atoms with E-state index in [-0.39, 0.29) is 14.9 Å². The van der Waals surface area contributed by atoms with E-state index in [1.54, 1.807) is 11.8 Å². The highest BCUT2D eigenvalue weighted by Crippen LogP contribution is 2.47. The molecule has 7 heteroatoms. The predicted molar refractivity (Wildman–Crippen MR) is 74.7 cm³/mol. The molecule has 1 N–H and O–H groups in total. The lowest BCUT2D eigenvalue weighted by Gasteiger charge is -2.14. The van der Waals surface area contributed by atoms with Crippen LogP contribution in [0.15, 0.2) is 16.6 Å². The topological polar surface area (TPSA) is 55.2 Å². The van der Waals surface area contributed by atoms with Gasteiger partial charge < -0.3 is 5.32 Å². The molecular weight excluding hydrogens is 323 g/mol. The predicted octanol–water partition coefficient (Wildman–Crippen LogP) is 3.80. The zero-order chi connectivity index (χ0) is 13.3. The monoisotopic (exact) mass is 334 g/mol. The summed E-state index contributed by atoms with van der Waals surface area (Å²) in [5.74, 6) is -0.627. The molecule has 0 aliphatic heterocycles. The summed E-state index contributed by atoms with van der Waals surface area (Å²) in [5.41, 5.74) is 0.126. The van der Waals surface area contributed by atoms with Gasteiger partial charge in [0.1, 0.15) is 11.5 Å². The normalized spacial score (nSPS) is 16.4. The van der Waals surface area contributed by atoms with Gasteiger partial charge in [-0.25, -0.2) is 4.39 Å². The summed E-state index contributed by atoms with van der Waals surface area (Å²) in [6, 6.07) is 2.36. The minimum Gasteiger partial charge on any atom is -0.378 e. The second-order valence-corrected chi connectivity index (χ2v) is 6.41. The SMILES string of the molecule is CSC1(CNc2cc(Br)c(F)cc2[N+](=O)[O-])CC1. The fourth-order valence-corrected chi connectivity index (χ4v) is 2.75. The van der Waals surface area contributed by atoms with E-state index < -0.39 is 10.7 Å². The van der Waals surface area contributed by atoms with Crippen LogP contribution in [0, 0.1) is 15.9 Å². The van der Waals surface area contributed by atoms with Gasteiger partial charge in [-0.3, -0.25) is 10.1 Å². The highest BCUT2D eigenvalue weighted by Gasteiger charge is 2.41. The number of halogens is 2. The van der Waals surface area contributed by atoms with E-state index in [9.17, 15) is 14.5 Å². The van der Waals surface area contributed by atoms with E-state index >= 15 is 0 Å². The van der Waals surface area contributed by atoms with Crippen LogP contribution in [0.5, 0.6) is 0 Å². The van der Waals surface area contributed by atoms with E-state index in [0.717, 1.165) is 18.9 Å². The van der Waals surface area contributed by atoms with Gasteiger partial charge in [0.05, 0.1) is 15.5 Å². The fraction of sp³-hybridized carbons (Fsp3) is 0.455. The van der Waals surface area contributed by atoms with Crippen molar-refractivity contribution in [1.29, 1.82) is 0 Å². The van der Waals surface area contributed by atoms with E-state index in [1.165, 1.54) is 6.07 Å². The zero-order valence-electron chi connectivity index (χ0n) is 9.70. The molecule has 2 rings (SSSR count). The first kappa shape index (κ1) is 13.6. The van der Waals surface area contributed by atoms with Crippen molar-refractivity contribution in [1.82, 2.24) is 0 Å². The molecule has 4 nitrogen and oxygen atoms in total. The Morgan fingerprint density at radius 2 is 2.28 bits per heavy atom. The lowest BCUT2D eigenvalue weighted by atomic mass is 10.2. The molecule has 0 aromatic heterocycles. The summed E-state index contributed by atoms with van der Waals surface area (Å²) in [5, 5.41) is 13.9. The molecule has 0 atom stereocenters. The highest BCUT2D eigenvalue weighted by atomic mass is 79.9. The number of rotatable bonds is 5. The number of nitrogens with zero attached hydrogens (tertiary/aromatic N) is 1. The molecule has 1 aliphatic rings. The van der Waals surface area contributed by atoms with E-state index in [4.69, 9.17) is 0 Å². The van der Waals surface area contributed by atoms with Crippen molar-refractivity contribution in [3.05, 3.63) is 32.5 Å². The van der Waals surface area contributed by atoms with Gasteiger partial charge in [0.15, 0.2) is 0 Å². The van der Waals surface area contributed by atoms with Crippen molar-refractivity contribution in [2.24, 2.45) is 0 Å². The standard InChI is InChI=1S/C11H12BrFN2O2S/c1-18-11(2-3-11)6-14-9-4-7(12)8(13)5-10(9)15(16)17/h4-5,14H,2-3,6H2,1H3. The van der Waals surface area contributed by atoms with Crippen molar-refractivity contribution in [3.8, 4) is 0 Å². The summed E-state index contributed by atoms with van der Waals surface area (Å²) < 4.78 is 13.7. The van der Waals surface area contributed by atoms with Crippen LogP contribution in [-0.2, 0) is 0 Å². The molecule has 98 valence electrons. The Morgan fingerprint density at radius 1 is 1.61 bits per heavy atom. The molecule has 0 saturated heterocycles. The maximum atomic E-state index is 13.3. The van der Waals surface area contributed by atoms with Gasteiger partial charge in [-0.05, 0) is 41.1 Å². The average molecular weight is 335 g/mol. The third-order valence-corrected chi connectivity index (χ3v) is 5.10. The van der Waals surface area contributed by atoms with Crippen LogP contribution in [-0.4, -0.2) is 22.5 Å². The summed E-state index contributed by atoms with van der Waals surface area (Å²) in [7, 11) is 0. The molecule has 0 radical (unpaired) electrons. The summed E-state index contributed by atoms with van der Waals surface area (Å²) in [6.45, 7) is 0.660. The average Bonchev–Trinajstić information content (AvgIpc) is 3.10. The van der Waals surface area contributed by atoms with Crippen LogP contribution >= 0.6 is 27.7 Å². The maximum Gasteiger partial charge on any atom is 0.295 e. The number of thioether (sulfide) groups is 1. The number of hydrogen-bond acceptors (Lipinski definition) is 4. The first-order valence-electron chi connectivity index (χ1n) is 5.40. The summed E-state index contributed by atoms with van der Waals surface area (Å²) in [6.07, 6.45) is 4.25. The molecule has 1 saturated carbocycles. The van der Waals surface area contributed by atoms with Crippen molar-refractivity contribution >= 4 is 39.1 Å². The smallest absolute Gasteiger partial charge is 0.295 e. The number of benzene rings is 1. The summed E-state index contributed by atoms with van der Waals surface area (Å²) >= 11 is 4.80. The first-order chi connectivity index (χ1) is 8.47. The number of hydrogen-bond donors (Lipinski definition) is 1. The molecule has 0 amide bonds. The van der Waals surface area contributed by atoms with Crippen LogP contribution in [0.2, 0.25) is 0 Å². The largest absolute Gasteiger partial charge is 0.378 e. The molecule has 0 unspecified atom stereocenters. The second kappa shape index (κ2) is 5.05. The van der Waals surface area contributed by atoms with Crippen LogP contribution in [0.1, 0.15) is 12.8 Å². The quantitative estimate of drug-likeness (QED) is 0.657. The molecule has 1 aromatic carbocycles. The number of anilines is 1. The van der Waals surface area contributed by atoms with Crippen molar-refractivity contribution in [2.75, 3.05) is 18.1 Å². The molecular formula is C11H12BrFN2O2S. The van der Waals surface area contributed by atoms with Gasteiger partial charge in [-0.1, -0.05) is 0 Å². The third-order valence-electron chi connectivity index (χ3n) is 3.08. The van der Waals surface area contributed by atoms with Crippen LogP contribution in [0.4, 0.5) is 15.8 Å². The first-order valence-corrected chi connectivity index (χ1v) is 7.42. The Labute approximate surface area is 117 Å². The Kier molecular flexibility index (Phi) is 3.82. The number of nitrogens with one attached hydrogen (secondary N) is 1. The minimum absolute atomic E-state index is 0.189. The van der Waals surface area contributed by atoms with Gasteiger partial charge in [-0.15, -0.1) is 0 Å². The summed E-state index contributed by atoms with van der Waals surface area (Å²) in [4.78, 5) is 10.3. The second-order valence-electron chi connectivity index (χ2n) is 4.28. The zero-order valence-corrected chi connectivity index (χ0v) is 12.1. The van der Waals surface area contributed by atoms with Gasteiger partial charge >= 0.3 is 0 Å². The Morgan fingerprint density at radius 3 is 2.78 bits per heavy atom. The lowest BCUT2D eigenvalue weighted by molar-refractivity contribution is -0.384. The Bertz CT molecular complexity index is 494. The highest BCUT2D eigenvalue weighted by molar-refractivity contribution is 9.10. The number of nitro groups is 1. The van der Waals surface area contributed by atoms with Crippen molar-refractivity contribution < 1.29 is 9.31 Å². The van der Waals surface area contributed by atoms with E-state index in [2.05, 4.69) is 21.2 Å². The Balaban J connectivity index is 2.20. The molecule has 1 aliphatic carbocycles. The maximum absolute atomic E-state index is 13.3. The Hall–Kier alpha value is -0.820. The minimum atomic E-state index is -0.627. The van der Waals surface area contributed by atoms with Crippen LogP contribution in [0.3, 0.4) is 0 Å². The van der Waals surface area contributed by atoms with Gasteiger partial charge in [0, 0.05) is 11.3 Å². The van der Waals surface area contributed by atoms with Gasteiger partial charge in [0.25, 0.3) is 5.69 Å². The lowest BCUT2D eigenvalue weighted by Crippen LogP contribution is -2.18. The van der Waals surface area contributed by atoms with Crippen molar-refractivity contribution in [3.63, 3.8) is 0 Å². The third kappa shape index (κ3) is 2.77. The van der Waals surface area contributed by atoms with E-state index in [0.29, 0.717) is 12.2 Å². The van der Waals surface area contributed by atoms with Gasteiger partial charge in [-0.2, -0.15) is 11.8 Å². The number of nitro benzene ring substituents is 1. The van der Waals surface area contributed by atoms with Crippen LogP contribution < -0.4 is 5.32 Å². The van der Waals surface area contributed by atoms with Crippen LogP contribution in [0.25, 0.3) is 0 Å². The molecule has 0 spiro atoms. The molecule has 1 aromatic rings. The van der Waals surface area contributed by atoms with Crippen molar-refractivity contribution in [2.45, 2.75) is 17.6 Å². The molecule has 0 heterocycles.